The predicted octanol–water partition coefficient (Wildman–Crippen LogP) is 0.708. The molecule has 0 heterocycles. The number of carbonyl (C=O) groups is 1. The van der Waals surface area contributed by atoms with Crippen LogP contribution in [0.5, 0.6) is 17.2 Å². The van der Waals surface area contributed by atoms with Crippen molar-refractivity contribution in [3.63, 3.8) is 0 Å². The molecule has 7 heteroatoms. The molecule has 0 aromatic heterocycles. The molecular weight excluding hydrogens is 226 g/mol. The first-order chi connectivity index (χ1) is 8.15. The molecule has 1 rings (SSSR count). The second kappa shape index (κ2) is 5.80. The molecule has 0 aliphatic rings. The van der Waals surface area contributed by atoms with Gasteiger partial charge in [-0.05, 0) is 0 Å². The monoisotopic (exact) mass is 241 g/mol. The molecule has 0 bridgehead atoms. The highest BCUT2D eigenvalue weighted by Gasteiger charge is 2.13. The minimum Gasteiger partial charge on any atom is -0.494 e. The van der Waals surface area contributed by atoms with Gasteiger partial charge in [-0.15, -0.1) is 0 Å². The molecular formula is C10H15N3O4. The number of hydrogen-bond donors (Lipinski definition) is 3. The summed E-state index contributed by atoms with van der Waals surface area (Å²) >= 11 is 0. The van der Waals surface area contributed by atoms with Crippen molar-refractivity contribution < 1.29 is 19.0 Å². The molecule has 0 radical (unpaired) electrons. The third-order valence-corrected chi connectivity index (χ3v) is 2.08. The van der Waals surface area contributed by atoms with E-state index in [1.54, 1.807) is 12.1 Å². The van der Waals surface area contributed by atoms with Gasteiger partial charge in [-0.1, -0.05) is 0 Å². The van der Waals surface area contributed by atoms with E-state index in [4.69, 9.17) is 20.1 Å². The molecule has 4 N–H and O–H groups in total. The summed E-state index contributed by atoms with van der Waals surface area (Å²) < 4.78 is 15.3. The standard InChI is InChI=1S/C10H15N3O4/c1-15-7-5-9(17-3)8(16-2)4-6(7)12-10(14)13-11/h4-5H,11H2,1-3H3,(H2,12,13,14). The second-order valence-electron chi connectivity index (χ2n) is 3.01. The van der Waals surface area contributed by atoms with Gasteiger partial charge in [-0.2, -0.15) is 0 Å². The number of ether oxygens (including phenoxy) is 3. The quantitative estimate of drug-likeness (QED) is 0.410. The summed E-state index contributed by atoms with van der Waals surface area (Å²) in [6.45, 7) is 0. The first-order valence-corrected chi connectivity index (χ1v) is 4.73. The van der Waals surface area contributed by atoms with Crippen LogP contribution in [0.1, 0.15) is 0 Å². The summed E-state index contributed by atoms with van der Waals surface area (Å²) in [7, 11) is 4.49. The number of anilines is 1. The zero-order valence-corrected chi connectivity index (χ0v) is 9.87. The third-order valence-electron chi connectivity index (χ3n) is 2.08. The minimum atomic E-state index is -0.560. The first-order valence-electron chi connectivity index (χ1n) is 4.73. The number of urea groups is 1. The lowest BCUT2D eigenvalue weighted by molar-refractivity contribution is 0.252. The van der Waals surface area contributed by atoms with Gasteiger partial charge in [0.1, 0.15) is 5.75 Å². The molecule has 0 saturated heterocycles. The highest BCUT2D eigenvalue weighted by atomic mass is 16.5. The van der Waals surface area contributed by atoms with Gasteiger partial charge in [-0.3, -0.25) is 5.43 Å². The van der Waals surface area contributed by atoms with Crippen molar-refractivity contribution in [3.05, 3.63) is 12.1 Å². The number of amides is 2. The fourth-order valence-electron chi connectivity index (χ4n) is 1.29. The SMILES string of the molecule is COc1cc(OC)c(OC)cc1NC(=O)NN. The van der Waals surface area contributed by atoms with Crippen LogP contribution < -0.4 is 30.8 Å². The Morgan fingerprint density at radius 3 is 2.06 bits per heavy atom. The van der Waals surface area contributed by atoms with Gasteiger partial charge in [0.15, 0.2) is 11.5 Å². The van der Waals surface area contributed by atoms with Gasteiger partial charge in [0, 0.05) is 12.1 Å². The van der Waals surface area contributed by atoms with E-state index in [0.717, 1.165) is 0 Å². The molecule has 0 atom stereocenters. The van der Waals surface area contributed by atoms with Crippen molar-refractivity contribution in [2.24, 2.45) is 5.84 Å². The lowest BCUT2D eigenvalue weighted by Crippen LogP contribution is -2.34. The van der Waals surface area contributed by atoms with Crippen LogP contribution in [-0.4, -0.2) is 27.4 Å². The van der Waals surface area contributed by atoms with E-state index >= 15 is 0 Å². The largest absolute Gasteiger partial charge is 0.494 e. The van der Waals surface area contributed by atoms with Gasteiger partial charge in [0.05, 0.1) is 27.0 Å². The molecule has 0 fully saturated rings. The van der Waals surface area contributed by atoms with Gasteiger partial charge in [0.2, 0.25) is 0 Å². The molecule has 0 aliphatic carbocycles. The van der Waals surface area contributed by atoms with E-state index in [1.807, 2.05) is 5.43 Å². The summed E-state index contributed by atoms with van der Waals surface area (Å²) in [5.74, 6) is 6.39. The topological polar surface area (TPSA) is 94.8 Å². The Hall–Kier alpha value is -2.15. The first kappa shape index (κ1) is 12.9. The Kier molecular flexibility index (Phi) is 4.41. The Morgan fingerprint density at radius 1 is 1.06 bits per heavy atom. The van der Waals surface area contributed by atoms with E-state index in [9.17, 15) is 4.79 Å². The van der Waals surface area contributed by atoms with E-state index in [2.05, 4.69) is 5.32 Å². The molecule has 0 spiro atoms. The molecule has 7 nitrogen and oxygen atoms in total. The molecule has 0 unspecified atom stereocenters. The van der Waals surface area contributed by atoms with Crippen LogP contribution >= 0.6 is 0 Å². The van der Waals surface area contributed by atoms with Crippen molar-refractivity contribution in [1.29, 1.82) is 0 Å². The van der Waals surface area contributed by atoms with E-state index in [1.165, 1.54) is 21.3 Å². The maximum atomic E-state index is 11.1. The number of nitrogens with one attached hydrogen (secondary N) is 2. The number of methoxy groups -OCH3 is 3. The second-order valence-corrected chi connectivity index (χ2v) is 3.01. The lowest BCUT2D eigenvalue weighted by atomic mass is 10.2. The molecule has 17 heavy (non-hydrogen) atoms. The van der Waals surface area contributed by atoms with Crippen LogP contribution in [0.2, 0.25) is 0 Å². The third kappa shape index (κ3) is 2.91. The van der Waals surface area contributed by atoms with E-state index in [-0.39, 0.29) is 0 Å². The van der Waals surface area contributed by atoms with Crippen molar-refractivity contribution >= 4 is 11.7 Å². The number of hydrazine groups is 1. The van der Waals surface area contributed by atoms with Gasteiger partial charge in [-0.25, -0.2) is 10.6 Å². The molecule has 1 aromatic rings. The fourth-order valence-corrected chi connectivity index (χ4v) is 1.29. The highest BCUT2D eigenvalue weighted by molar-refractivity contribution is 5.91. The van der Waals surface area contributed by atoms with Gasteiger partial charge < -0.3 is 19.5 Å². The van der Waals surface area contributed by atoms with Crippen LogP contribution in [-0.2, 0) is 0 Å². The summed E-state index contributed by atoms with van der Waals surface area (Å²) in [6, 6.07) is 2.62. The predicted molar refractivity (Wildman–Crippen MR) is 62.4 cm³/mol. The van der Waals surface area contributed by atoms with Crippen LogP contribution in [0.3, 0.4) is 0 Å². The zero-order valence-electron chi connectivity index (χ0n) is 9.87. The van der Waals surface area contributed by atoms with E-state index < -0.39 is 6.03 Å². The molecule has 0 aliphatic heterocycles. The van der Waals surface area contributed by atoms with Crippen LogP contribution in [0.25, 0.3) is 0 Å². The van der Waals surface area contributed by atoms with Crippen molar-refractivity contribution in [2.75, 3.05) is 26.6 Å². The Bertz CT molecular complexity index is 409. The smallest absolute Gasteiger partial charge is 0.333 e. The van der Waals surface area contributed by atoms with E-state index in [0.29, 0.717) is 22.9 Å². The molecule has 94 valence electrons. The lowest BCUT2D eigenvalue weighted by Gasteiger charge is -2.14. The van der Waals surface area contributed by atoms with Gasteiger partial charge in [0.25, 0.3) is 0 Å². The summed E-state index contributed by atoms with van der Waals surface area (Å²) in [5, 5.41) is 2.50. The Balaban J connectivity index is 3.14. The molecule has 0 saturated carbocycles. The van der Waals surface area contributed by atoms with Crippen LogP contribution in [0.4, 0.5) is 10.5 Å². The number of rotatable bonds is 4. The number of hydrogen-bond acceptors (Lipinski definition) is 5. The number of nitrogens with two attached hydrogens (primary N) is 1. The summed E-state index contributed by atoms with van der Waals surface area (Å²) in [6.07, 6.45) is 0. The molecule has 2 amide bonds. The molecule has 1 aromatic carbocycles. The zero-order chi connectivity index (χ0) is 12.8. The van der Waals surface area contributed by atoms with Crippen LogP contribution in [0, 0.1) is 0 Å². The normalized spacial score (nSPS) is 9.41. The Morgan fingerprint density at radius 2 is 1.59 bits per heavy atom. The van der Waals surface area contributed by atoms with Crippen molar-refractivity contribution in [2.45, 2.75) is 0 Å². The minimum absolute atomic E-state index is 0.424. The number of benzene rings is 1. The summed E-state index contributed by atoms with van der Waals surface area (Å²) in [5.41, 5.74) is 2.38. The maximum absolute atomic E-state index is 11.1. The average Bonchev–Trinajstić information content (AvgIpc) is 2.37. The Labute approximate surface area is 98.8 Å². The highest BCUT2D eigenvalue weighted by Crippen LogP contribution is 2.37. The van der Waals surface area contributed by atoms with Crippen molar-refractivity contribution in [3.8, 4) is 17.2 Å². The summed E-state index contributed by atoms with van der Waals surface area (Å²) in [4.78, 5) is 11.1. The van der Waals surface area contributed by atoms with Gasteiger partial charge >= 0.3 is 6.03 Å². The van der Waals surface area contributed by atoms with Crippen molar-refractivity contribution in [1.82, 2.24) is 5.43 Å². The van der Waals surface area contributed by atoms with Crippen LogP contribution in [0.15, 0.2) is 12.1 Å². The fraction of sp³-hybridized carbons (Fsp3) is 0.300. The maximum Gasteiger partial charge on any atom is 0.333 e. The average molecular weight is 241 g/mol. The number of carbonyl (C=O) groups excluding carboxylic acids is 1.